The molecule has 9 nitrogen and oxygen atoms in total. The van der Waals surface area contributed by atoms with Crippen LogP contribution in [0, 0.1) is 11.8 Å². The summed E-state index contributed by atoms with van der Waals surface area (Å²) in [6, 6.07) is 15.2. The molecule has 1 amide bonds. The highest BCUT2D eigenvalue weighted by atomic mass is 35.5. The zero-order chi connectivity index (χ0) is 28.0. The van der Waals surface area contributed by atoms with Crippen LogP contribution in [0.4, 0.5) is 16.3 Å². The minimum atomic E-state index is -0.290. The average Bonchev–Trinajstić information content (AvgIpc) is 3.66. The number of hydrogen-bond donors (Lipinski definition) is 2. The summed E-state index contributed by atoms with van der Waals surface area (Å²) >= 11 is 8.16. The van der Waals surface area contributed by atoms with Crippen LogP contribution in [0.5, 0.6) is 5.75 Å². The first-order valence-electron chi connectivity index (χ1n) is 13.4. The third-order valence-electron chi connectivity index (χ3n) is 6.75. The standard InChI is InChI=1S/C30H28ClN5O4S/c31-26-16-21(6-7-27(26)39-19-23-3-1-2-9-32-23)34-29-25-8-14-41-28(25)17-22(35-29)5-4-20-15-24(18-33-20)40-30(37)36-10-12-38-13-11-36/h1-3,6-9,14,16-17,20,24,33H,10-13,15,18-19H2,(H,34,35)/t20-,24-/m0/s1. The molecule has 0 bridgehead atoms. The molecule has 210 valence electrons. The van der Waals surface area contributed by atoms with E-state index in [1.54, 1.807) is 22.4 Å². The second-order valence-corrected chi connectivity index (χ2v) is 11.0. The first-order chi connectivity index (χ1) is 20.1. The number of carbonyl (C=O) groups is 1. The minimum Gasteiger partial charge on any atom is -0.486 e. The fourth-order valence-corrected chi connectivity index (χ4v) is 5.68. The largest absolute Gasteiger partial charge is 0.486 e. The van der Waals surface area contributed by atoms with Crippen molar-refractivity contribution in [3.8, 4) is 17.6 Å². The van der Waals surface area contributed by atoms with Crippen molar-refractivity contribution >= 4 is 50.6 Å². The SMILES string of the molecule is O=C(O[C@@H]1CN[C@@H](C#Cc2cc3sccc3c(Nc3ccc(OCc4ccccn4)c(Cl)c3)n2)C1)N1CCOCC1. The van der Waals surface area contributed by atoms with Crippen molar-refractivity contribution in [1.29, 1.82) is 0 Å². The van der Waals surface area contributed by atoms with Gasteiger partial charge in [-0.15, -0.1) is 11.3 Å². The molecule has 4 aromatic rings. The Balaban J connectivity index is 1.11. The van der Waals surface area contributed by atoms with Crippen molar-refractivity contribution in [2.45, 2.75) is 25.2 Å². The third-order valence-corrected chi connectivity index (χ3v) is 7.91. The number of carbonyl (C=O) groups excluding carboxylic acids is 1. The molecule has 2 N–H and O–H groups in total. The number of ether oxygens (including phenoxy) is 3. The lowest BCUT2D eigenvalue weighted by Gasteiger charge is -2.27. The van der Waals surface area contributed by atoms with Crippen LogP contribution in [0.3, 0.4) is 0 Å². The molecule has 2 fully saturated rings. The van der Waals surface area contributed by atoms with E-state index in [9.17, 15) is 4.79 Å². The van der Waals surface area contributed by atoms with Gasteiger partial charge in [-0.1, -0.05) is 23.6 Å². The fourth-order valence-electron chi connectivity index (χ4n) is 4.62. The van der Waals surface area contributed by atoms with E-state index < -0.39 is 0 Å². The predicted molar refractivity (Wildman–Crippen MR) is 159 cm³/mol. The lowest BCUT2D eigenvalue weighted by atomic mass is 10.2. The topological polar surface area (TPSA) is 97.8 Å². The molecular formula is C30H28ClN5O4S. The van der Waals surface area contributed by atoms with E-state index in [2.05, 4.69) is 27.5 Å². The van der Waals surface area contributed by atoms with Gasteiger partial charge in [-0.2, -0.15) is 0 Å². The maximum atomic E-state index is 12.4. The number of aromatic nitrogens is 2. The number of nitrogens with one attached hydrogen (secondary N) is 2. The minimum absolute atomic E-state index is 0.0906. The van der Waals surface area contributed by atoms with Crippen LogP contribution in [0.15, 0.2) is 60.1 Å². The molecule has 11 heteroatoms. The number of pyridine rings is 2. The highest BCUT2D eigenvalue weighted by molar-refractivity contribution is 7.17. The van der Waals surface area contributed by atoms with Crippen molar-refractivity contribution in [3.63, 3.8) is 0 Å². The number of benzene rings is 1. The summed E-state index contributed by atoms with van der Waals surface area (Å²) in [7, 11) is 0. The first kappa shape index (κ1) is 27.3. The molecule has 2 atom stereocenters. The highest BCUT2D eigenvalue weighted by Crippen LogP contribution is 2.33. The van der Waals surface area contributed by atoms with Crippen LogP contribution in [0.1, 0.15) is 17.8 Å². The zero-order valence-corrected chi connectivity index (χ0v) is 23.7. The molecule has 6 rings (SSSR count). The number of anilines is 2. The van der Waals surface area contributed by atoms with Crippen LogP contribution in [-0.4, -0.2) is 66.0 Å². The van der Waals surface area contributed by atoms with Gasteiger partial charge in [0.05, 0.1) is 30.0 Å². The third kappa shape index (κ3) is 6.89. The Morgan fingerprint density at radius 1 is 1.22 bits per heavy atom. The summed E-state index contributed by atoms with van der Waals surface area (Å²) in [6.45, 7) is 3.12. The van der Waals surface area contributed by atoms with Gasteiger partial charge in [0, 0.05) is 48.0 Å². The Labute approximate surface area is 246 Å². The number of fused-ring (bicyclic) bond motifs is 1. The van der Waals surface area contributed by atoms with Crippen molar-refractivity contribution in [2.24, 2.45) is 0 Å². The van der Waals surface area contributed by atoms with Gasteiger partial charge in [-0.05, 0) is 53.8 Å². The van der Waals surface area contributed by atoms with Gasteiger partial charge in [0.25, 0.3) is 0 Å². The monoisotopic (exact) mass is 589 g/mol. The Bertz CT molecular complexity index is 1580. The highest BCUT2D eigenvalue weighted by Gasteiger charge is 2.28. The maximum Gasteiger partial charge on any atom is 0.410 e. The van der Waals surface area contributed by atoms with Gasteiger partial charge in [0.15, 0.2) is 0 Å². The van der Waals surface area contributed by atoms with Crippen LogP contribution in [0.25, 0.3) is 10.1 Å². The summed E-state index contributed by atoms with van der Waals surface area (Å²) in [5.41, 5.74) is 2.26. The molecule has 0 radical (unpaired) electrons. The van der Waals surface area contributed by atoms with Gasteiger partial charge in [-0.25, -0.2) is 9.78 Å². The van der Waals surface area contributed by atoms with Crippen LogP contribution in [-0.2, 0) is 16.1 Å². The van der Waals surface area contributed by atoms with Crippen molar-refractivity contribution in [1.82, 2.24) is 20.2 Å². The quantitative estimate of drug-likeness (QED) is 0.296. The number of amides is 1. The van der Waals surface area contributed by atoms with Crippen LogP contribution < -0.4 is 15.4 Å². The summed E-state index contributed by atoms with van der Waals surface area (Å²) in [6.07, 6.45) is 1.86. The summed E-state index contributed by atoms with van der Waals surface area (Å²) in [5, 5.41) is 10.2. The number of rotatable bonds is 6. The normalized spacial score (nSPS) is 18.5. The smallest absolute Gasteiger partial charge is 0.410 e. The van der Waals surface area contributed by atoms with E-state index in [0.29, 0.717) is 68.2 Å². The maximum absolute atomic E-state index is 12.4. The fraction of sp³-hybridized carbons (Fsp3) is 0.300. The van der Waals surface area contributed by atoms with Crippen molar-refractivity contribution in [2.75, 3.05) is 38.2 Å². The molecule has 2 aliphatic rings. The Hall–Kier alpha value is -3.88. The van der Waals surface area contributed by atoms with Gasteiger partial charge >= 0.3 is 6.09 Å². The number of nitrogens with zero attached hydrogens (tertiary/aromatic N) is 3. The summed E-state index contributed by atoms with van der Waals surface area (Å²) in [5.74, 6) is 7.74. The Morgan fingerprint density at radius 2 is 2.12 bits per heavy atom. The molecule has 0 unspecified atom stereocenters. The second-order valence-electron chi connectivity index (χ2n) is 9.64. The molecule has 0 saturated carbocycles. The molecule has 0 aliphatic carbocycles. The first-order valence-corrected chi connectivity index (χ1v) is 14.6. The number of hydrogen-bond acceptors (Lipinski definition) is 9. The molecule has 0 spiro atoms. The van der Waals surface area contributed by atoms with Crippen LogP contribution >= 0.6 is 22.9 Å². The van der Waals surface area contributed by atoms with Gasteiger partial charge in [-0.3, -0.25) is 10.3 Å². The van der Waals surface area contributed by atoms with E-state index in [-0.39, 0.29) is 18.2 Å². The van der Waals surface area contributed by atoms with E-state index in [0.717, 1.165) is 21.5 Å². The molecule has 3 aromatic heterocycles. The molecule has 5 heterocycles. The van der Waals surface area contributed by atoms with Gasteiger partial charge in [0.1, 0.15) is 30.0 Å². The Morgan fingerprint density at radius 3 is 2.95 bits per heavy atom. The average molecular weight is 590 g/mol. The van der Waals surface area contributed by atoms with Crippen LogP contribution in [0.2, 0.25) is 5.02 Å². The second kappa shape index (κ2) is 12.7. The van der Waals surface area contributed by atoms with E-state index >= 15 is 0 Å². The molecule has 41 heavy (non-hydrogen) atoms. The lowest BCUT2D eigenvalue weighted by Crippen LogP contribution is -2.42. The van der Waals surface area contributed by atoms with Gasteiger partial charge in [0.2, 0.25) is 0 Å². The molecule has 1 aromatic carbocycles. The summed E-state index contributed by atoms with van der Waals surface area (Å²) < 4.78 is 17.9. The summed E-state index contributed by atoms with van der Waals surface area (Å²) in [4.78, 5) is 23.2. The number of halogens is 1. The van der Waals surface area contributed by atoms with E-state index in [1.807, 2.05) is 53.9 Å². The molecule has 2 aliphatic heterocycles. The zero-order valence-electron chi connectivity index (χ0n) is 22.1. The Kier molecular flexibility index (Phi) is 8.49. The van der Waals surface area contributed by atoms with Crippen molar-refractivity contribution in [3.05, 3.63) is 76.5 Å². The van der Waals surface area contributed by atoms with Crippen molar-refractivity contribution < 1.29 is 19.0 Å². The number of thiophene rings is 1. The number of morpholine rings is 1. The van der Waals surface area contributed by atoms with E-state index in [1.165, 1.54) is 0 Å². The molecule has 2 saturated heterocycles. The van der Waals surface area contributed by atoms with Gasteiger partial charge < -0.3 is 24.4 Å². The predicted octanol–water partition coefficient (Wildman–Crippen LogP) is 5.22. The lowest BCUT2D eigenvalue weighted by molar-refractivity contribution is 0.0156. The van der Waals surface area contributed by atoms with E-state index in [4.69, 9.17) is 30.8 Å². The molecular weight excluding hydrogens is 562 g/mol.